The standard InChI is InChI=1S/C8H10N4O4/c1-9-8-10-2-6(12(13)14)7(11-8)16-5-3-15-4-5/h2,5H,3-4H2,1H3,(H,9,10,11). The normalized spacial score (nSPS) is 15.3. The molecule has 0 unspecified atom stereocenters. The van der Waals surface area contributed by atoms with Crippen LogP contribution in [0.1, 0.15) is 0 Å². The summed E-state index contributed by atoms with van der Waals surface area (Å²) < 4.78 is 10.2. The van der Waals surface area contributed by atoms with Gasteiger partial charge in [0.2, 0.25) is 5.95 Å². The van der Waals surface area contributed by atoms with Crippen LogP contribution < -0.4 is 10.1 Å². The van der Waals surface area contributed by atoms with E-state index in [0.29, 0.717) is 13.2 Å². The Kier molecular flexibility index (Phi) is 2.82. The lowest BCUT2D eigenvalue weighted by atomic mass is 10.3. The quantitative estimate of drug-likeness (QED) is 0.578. The molecule has 16 heavy (non-hydrogen) atoms. The third-order valence-electron chi connectivity index (χ3n) is 2.04. The van der Waals surface area contributed by atoms with Gasteiger partial charge in [-0.2, -0.15) is 4.98 Å². The molecule has 0 spiro atoms. The fourth-order valence-electron chi connectivity index (χ4n) is 1.13. The molecule has 1 aromatic heterocycles. The largest absolute Gasteiger partial charge is 0.464 e. The molecule has 1 N–H and O–H groups in total. The summed E-state index contributed by atoms with van der Waals surface area (Å²) in [5.74, 6) is 0.249. The summed E-state index contributed by atoms with van der Waals surface area (Å²) >= 11 is 0. The van der Waals surface area contributed by atoms with Crippen LogP contribution in [0.4, 0.5) is 11.6 Å². The van der Waals surface area contributed by atoms with Gasteiger partial charge >= 0.3 is 5.69 Å². The van der Waals surface area contributed by atoms with E-state index in [0.717, 1.165) is 6.20 Å². The summed E-state index contributed by atoms with van der Waals surface area (Å²) in [7, 11) is 1.62. The van der Waals surface area contributed by atoms with E-state index in [4.69, 9.17) is 9.47 Å². The fraction of sp³-hybridized carbons (Fsp3) is 0.500. The zero-order chi connectivity index (χ0) is 11.5. The summed E-state index contributed by atoms with van der Waals surface area (Å²) in [5, 5.41) is 13.4. The molecular weight excluding hydrogens is 216 g/mol. The van der Waals surface area contributed by atoms with Gasteiger partial charge in [0.15, 0.2) is 0 Å². The van der Waals surface area contributed by atoms with Crippen LogP contribution in [-0.4, -0.2) is 41.3 Å². The Labute approximate surface area is 90.8 Å². The van der Waals surface area contributed by atoms with Crippen LogP contribution >= 0.6 is 0 Å². The van der Waals surface area contributed by atoms with E-state index >= 15 is 0 Å². The molecule has 0 atom stereocenters. The van der Waals surface area contributed by atoms with Gasteiger partial charge in [-0.15, -0.1) is 0 Å². The second-order valence-corrected chi connectivity index (χ2v) is 3.17. The summed E-state index contributed by atoms with van der Waals surface area (Å²) in [4.78, 5) is 17.8. The molecule has 8 heteroatoms. The number of nitro groups is 1. The zero-order valence-corrected chi connectivity index (χ0v) is 8.54. The van der Waals surface area contributed by atoms with Crippen LogP contribution in [-0.2, 0) is 4.74 Å². The highest BCUT2D eigenvalue weighted by Crippen LogP contribution is 2.26. The van der Waals surface area contributed by atoms with Crippen molar-refractivity contribution >= 4 is 11.6 Å². The van der Waals surface area contributed by atoms with Gasteiger partial charge < -0.3 is 14.8 Å². The second kappa shape index (κ2) is 4.27. The van der Waals surface area contributed by atoms with Crippen molar-refractivity contribution in [3.63, 3.8) is 0 Å². The van der Waals surface area contributed by atoms with Gasteiger partial charge in [0.1, 0.15) is 12.3 Å². The summed E-state index contributed by atoms with van der Waals surface area (Å²) in [6.45, 7) is 0.853. The third kappa shape index (κ3) is 2.01. The van der Waals surface area contributed by atoms with Crippen molar-refractivity contribution in [3.05, 3.63) is 16.3 Å². The van der Waals surface area contributed by atoms with Crippen LogP contribution in [0.5, 0.6) is 5.88 Å². The predicted molar refractivity (Wildman–Crippen MR) is 53.5 cm³/mol. The molecule has 8 nitrogen and oxygen atoms in total. The molecule has 0 bridgehead atoms. The Morgan fingerprint density at radius 1 is 1.69 bits per heavy atom. The average molecular weight is 226 g/mol. The molecule has 0 aromatic carbocycles. The van der Waals surface area contributed by atoms with Crippen molar-refractivity contribution in [1.82, 2.24) is 9.97 Å². The average Bonchev–Trinajstić information content (AvgIpc) is 2.22. The monoisotopic (exact) mass is 226 g/mol. The lowest BCUT2D eigenvalue weighted by molar-refractivity contribution is -0.386. The third-order valence-corrected chi connectivity index (χ3v) is 2.04. The number of hydrogen-bond donors (Lipinski definition) is 1. The summed E-state index contributed by atoms with van der Waals surface area (Å²) in [6.07, 6.45) is 0.951. The fourth-order valence-corrected chi connectivity index (χ4v) is 1.13. The second-order valence-electron chi connectivity index (χ2n) is 3.17. The van der Waals surface area contributed by atoms with Gasteiger partial charge in [0.25, 0.3) is 5.88 Å². The Hall–Kier alpha value is -1.96. The molecular formula is C8H10N4O4. The molecule has 0 aliphatic carbocycles. The topological polar surface area (TPSA) is 99.4 Å². The van der Waals surface area contributed by atoms with Crippen molar-refractivity contribution in [1.29, 1.82) is 0 Å². The van der Waals surface area contributed by atoms with Crippen LogP contribution in [0.2, 0.25) is 0 Å². The molecule has 2 heterocycles. The maximum absolute atomic E-state index is 10.7. The Bertz CT molecular complexity index is 407. The molecule has 1 aliphatic rings. The number of aromatic nitrogens is 2. The molecule has 1 saturated heterocycles. The van der Waals surface area contributed by atoms with Gasteiger partial charge in [-0.3, -0.25) is 10.1 Å². The van der Waals surface area contributed by atoms with Crippen molar-refractivity contribution in [3.8, 4) is 5.88 Å². The highest BCUT2D eigenvalue weighted by Gasteiger charge is 2.26. The van der Waals surface area contributed by atoms with E-state index < -0.39 is 4.92 Å². The van der Waals surface area contributed by atoms with Crippen molar-refractivity contribution in [2.24, 2.45) is 0 Å². The molecule has 0 saturated carbocycles. The van der Waals surface area contributed by atoms with Crippen LogP contribution in [0.15, 0.2) is 6.20 Å². The first-order valence-electron chi connectivity index (χ1n) is 4.64. The highest BCUT2D eigenvalue weighted by molar-refractivity contribution is 5.43. The lowest BCUT2D eigenvalue weighted by Crippen LogP contribution is -2.39. The number of rotatable bonds is 4. The van der Waals surface area contributed by atoms with Crippen LogP contribution in [0, 0.1) is 10.1 Å². The van der Waals surface area contributed by atoms with E-state index in [2.05, 4.69) is 15.3 Å². The zero-order valence-electron chi connectivity index (χ0n) is 8.54. The van der Waals surface area contributed by atoms with E-state index in [1.165, 1.54) is 0 Å². The predicted octanol–water partition coefficient (Wildman–Crippen LogP) is 0.204. The van der Waals surface area contributed by atoms with Gasteiger partial charge in [-0.25, -0.2) is 4.98 Å². The number of anilines is 1. The molecule has 1 aliphatic heterocycles. The van der Waals surface area contributed by atoms with Gasteiger partial charge in [-0.1, -0.05) is 0 Å². The number of nitrogens with zero attached hydrogens (tertiary/aromatic N) is 3. The first kappa shape index (κ1) is 10.6. The van der Waals surface area contributed by atoms with Gasteiger partial charge in [0, 0.05) is 7.05 Å². The van der Waals surface area contributed by atoms with Crippen molar-refractivity contribution < 1.29 is 14.4 Å². The minimum atomic E-state index is -0.575. The van der Waals surface area contributed by atoms with E-state index in [1.54, 1.807) is 7.05 Å². The van der Waals surface area contributed by atoms with Crippen molar-refractivity contribution in [2.75, 3.05) is 25.6 Å². The maximum Gasteiger partial charge on any atom is 0.349 e. The van der Waals surface area contributed by atoms with Crippen LogP contribution in [0.3, 0.4) is 0 Å². The Morgan fingerprint density at radius 3 is 2.94 bits per heavy atom. The first-order valence-corrected chi connectivity index (χ1v) is 4.64. The Balaban J connectivity index is 2.25. The number of hydrogen-bond acceptors (Lipinski definition) is 7. The smallest absolute Gasteiger partial charge is 0.349 e. The summed E-state index contributed by atoms with van der Waals surface area (Å²) in [5.41, 5.74) is -0.245. The van der Waals surface area contributed by atoms with Gasteiger partial charge in [0.05, 0.1) is 18.1 Å². The molecule has 2 rings (SSSR count). The highest BCUT2D eigenvalue weighted by atomic mass is 16.6. The SMILES string of the molecule is CNc1ncc([N+](=O)[O-])c(OC2COC2)n1. The Morgan fingerprint density at radius 2 is 2.44 bits per heavy atom. The van der Waals surface area contributed by atoms with E-state index in [1.807, 2.05) is 0 Å². The number of ether oxygens (including phenoxy) is 2. The number of nitrogens with one attached hydrogen (secondary N) is 1. The molecule has 1 aromatic rings. The van der Waals surface area contributed by atoms with Crippen LogP contribution in [0.25, 0.3) is 0 Å². The van der Waals surface area contributed by atoms with E-state index in [9.17, 15) is 10.1 Å². The summed E-state index contributed by atoms with van der Waals surface area (Å²) in [6, 6.07) is 0. The minimum absolute atomic E-state index is 0.0300. The molecule has 1 fully saturated rings. The lowest BCUT2D eigenvalue weighted by Gasteiger charge is -2.25. The molecule has 86 valence electrons. The minimum Gasteiger partial charge on any atom is -0.464 e. The molecule has 0 amide bonds. The first-order chi connectivity index (χ1) is 7.70. The van der Waals surface area contributed by atoms with Gasteiger partial charge in [-0.05, 0) is 0 Å². The van der Waals surface area contributed by atoms with E-state index in [-0.39, 0.29) is 23.6 Å². The maximum atomic E-state index is 10.7. The van der Waals surface area contributed by atoms with Crippen molar-refractivity contribution in [2.45, 2.75) is 6.10 Å². The molecule has 0 radical (unpaired) electrons.